The number of halogens is 1. The van der Waals surface area contributed by atoms with Crippen molar-refractivity contribution < 1.29 is 12.8 Å². The maximum atomic E-state index is 11.0. The molecule has 0 amide bonds. The molecular weight excluding hydrogens is 224 g/mol. The second-order valence-corrected chi connectivity index (χ2v) is 6.65. The summed E-state index contributed by atoms with van der Waals surface area (Å²) in [6.07, 6.45) is 1.68. The highest BCUT2D eigenvalue weighted by molar-refractivity contribution is 8.13. The summed E-state index contributed by atoms with van der Waals surface area (Å²) < 4.78 is 27.4. The van der Waals surface area contributed by atoms with Crippen LogP contribution in [0.1, 0.15) is 24.4 Å². The minimum atomic E-state index is -3.45. The van der Waals surface area contributed by atoms with Crippen molar-refractivity contribution in [3.63, 3.8) is 0 Å². The van der Waals surface area contributed by atoms with Crippen LogP contribution in [0.5, 0.6) is 0 Å². The van der Waals surface area contributed by atoms with Crippen molar-refractivity contribution in [3.05, 3.63) is 23.7 Å². The van der Waals surface area contributed by atoms with Crippen LogP contribution < -0.4 is 0 Å². The first-order valence-corrected chi connectivity index (χ1v) is 6.88. The van der Waals surface area contributed by atoms with Gasteiger partial charge in [-0.25, -0.2) is 8.42 Å². The summed E-state index contributed by atoms with van der Waals surface area (Å²) in [5.74, 6) is 1.53. The minimum absolute atomic E-state index is 0.0193. The Morgan fingerprint density at radius 2 is 2.14 bits per heavy atom. The third-order valence-corrected chi connectivity index (χ3v) is 3.79. The highest BCUT2D eigenvalue weighted by Gasteiger charge is 2.49. The third-order valence-electron chi connectivity index (χ3n) is 2.57. The number of rotatable bonds is 3. The summed E-state index contributed by atoms with van der Waals surface area (Å²) in [6.45, 7) is 1.84. The molecule has 0 radical (unpaired) electrons. The molecule has 0 atom stereocenters. The van der Waals surface area contributed by atoms with Gasteiger partial charge in [0.2, 0.25) is 9.05 Å². The van der Waals surface area contributed by atoms with Crippen molar-refractivity contribution in [1.82, 2.24) is 0 Å². The van der Waals surface area contributed by atoms with Gasteiger partial charge in [-0.3, -0.25) is 0 Å². The lowest BCUT2D eigenvalue weighted by Gasteiger charge is -2.08. The fourth-order valence-electron chi connectivity index (χ4n) is 1.66. The Hall–Kier alpha value is -0.480. The Morgan fingerprint density at radius 1 is 1.50 bits per heavy atom. The van der Waals surface area contributed by atoms with Crippen LogP contribution in [0.15, 0.2) is 16.5 Å². The number of hydrogen-bond acceptors (Lipinski definition) is 3. The van der Waals surface area contributed by atoms with E-state index in [1.54, 1.807) is 0 Å². The number of furan rings is 1. The van der Waals surface area contributed by atoms with Crippen molar-refractivity contribution in [1.29, 1.82) is 0 Å². The fourth-order valence-corrected chi connectivity index (χ4v) is 3.38. The summed E-state index contributed by atoms with van der Waals surface area (Å²) in [4.78, 5) is 0. The number of aryl methyl sites for hydroxylation is 1. The van der Waals surface area contributed by atoms with Gasteiger partial charge in [-0.15, -0.1) is 0 Å². The molecule has 1 fully saturated rings. The molecule has 0 N–H and O–H groups in total. The van der Waals surface area contributed by atoms with Crippen LogP contribution in [0.2, 0.25) is 0 Å². The average molecular weight is 235 g/mol. The molecule has 1 saturated carbocycles. The molecule has 0 spiro atoms. The lowest BCUT2D eigenvalue weighted by Crippen LogP contribution is -2.16. The molecule has 1 aromatic heterocycles. The Bertz CT molecular complexity index is 442. The molecule has 1 aliphatic carbocycles. The Morgan fingerprint density at radius 3 is 2.50 bits per heavy atom. The highest BCUT2D eigenvalue weighted by atomic mass is 35.7. The molecule has 0 unspecified atom stereocenters. The van der Waals surface area contributed by atoms with Crippen LogP contribution in [0.4, 0.5) is 0 Å². The summed E-state index contributed by atoms with van der Waals surface area (Å²) >= 11 is 0. The van der Waals surface area contributed by atoms with E-state index in [1.165, 1.54) is 0 Å². The largest absolute Gasteiger partial charge is 0.466 e. The highest BCUT2D eigenvalue weighted by Crippen LogP contribution is 2.50. The zero-order valence-corrected chi connectivity index (χ0v) is 9.36. The maximum Gasteiger partial charge on any atom is 0.233 e. The van der Waals surface area contributed by atoms with E-state index in [-0.39, 0.29) is 11.2 Å². The van der Waals surface area contributed by atoms with Gasteiger partial charge in [-0.1, -0.05) is 0 Å². The first-order chi connectivity index (χ1) is 6.41. The minimum Gasteiger partial charge on any atom is -0.466 e. The van der Waals surface area contributed by atoms with Crippen LogP contribution in [0.25, 0.3) is 0 Å². The zero-order valence-electron chi connectivity index (χ0n) is 7.79. The van der Waals surface area contributed by atoms with Crippen molar-refractivity contribution in [2.75, 3.05) is 5.75 Å². The van der Waals surface area contributed by atoms with Crippen molar-refractivity contribution in [2.45, 2.75) is 25.2 Å². The van der Waals surface area contributed by atoms with Crippen LogP contribution in [-0.2, 0) is 14.5 Å². The zero-order chi connectivity index (χ0) is 10.4. The second kappa shape index (κ2) is 3.00. The van der Waals surface area contributed by atoms with Crippen LogP contribution in [0, 0.1) is 6.92 Å². The van der Waals surface area contributed by atoms with E-state index in [2.05, 4.69) is 0 Å². The van der Waals surface area contributed by atoms with Crippen molar-refractivity contribution in [2.24, 2.45) is 0 Å². The van der Waals surface area contributed by atoms with Gasteiger partial charge in [0, 0.05) is 16.1 Å². The molecule has 3 nitrogen and oxygen atoms in total. The smallest absolute Gasteiger partial charge is 0.233 e. The molecule has 0 saturated heterocycles. The van der Waals surface area contributed by atoms with Gasteiger partial charge < -0.3 is 4.42 Å². The van der Waals surface area contributed by atoms with Crippen molar-refractivity contribution in [3.8, 4) is 0 Å². The van der Waals surface area contributed by atoms with E-state index in [1.807, 2.05) is 19.1 Å². The fraction of sp³-hybridized carbons (Fsp3) is 0.556. The predicted molar refractivity (Wildman–Crippen MR) is 54.0 cm³/mol. The van der Waals surface area contributed by atoms with Gasteiger partial charge in [0.25, 0.3) is 0 Å². The van der Waals surface area contributed by atoms with Crippen molar-refractivity contribution >= 4 is 19.7 Å². The summed E-state index contributed by atoms with van der Waals surface area (Å²) in [5.41, 5.74) is -0.338. The molecule has 2 rings (SSSR count). The Kier molecular flexibility index (Phi) is 2.16. The second-order valence-electron chi connectivity index (χ2n) is 3.87. The monoisotopic (exact) mass is 234 g/mol. The van der Waals surface area contributed by atoms with E-state index < -0.39 is 9.05 Å². The van der Waals surface area contributed by atoms with Crippen LogP contribution in [0.3, 0.4) is 0 Å². The topological polar surface area (TPSA) is 47.3 Å². The number of hydrogen-bond donors (Lipinski definition) is 0. The first kappa shape index (κ1) is 10.1. The van der Waals surface area contributed by atoms with Gasteiger partial charge >= 0.3 is 0 Å². The molecule has 0 aliphatic heterocycles. The molecule has 0 bridgehead atoms. The molecule has 1 aromatic rings. The Labute approximate surface area is 87.5 Å². The molecule has 14 heavy (non-hydrogen) atoms. The SMILES string of the molecule is Cc1ccc(C2(CS(=O)(=O)Cl)CC2)o1. The quantitative estimate of drug-likeness (QED) is 0.754. The van der Waals surface area contributed by atoms with E-state index in [0.717, 1.165) is 24.4 Å². The molecule has 5 heteroatoms. The lowest BCUT2D eigenvalue weighted by atomic mass is 10.1. The molecule has 0 aromatic carbocycles. The maximum absolute atomic E-state index is 11.0. The van der Waals surface area contributed by atoms with Gasteiger partial charge in [0.05, 0.1) is 5.75 Å². The average Bonchev–Trinajstić information content (AvgIpc) is 2.62. The van der Waals surface area contributed by atoms with E-state index in [4.69, 9.17) is 15.1 Å². The third kappa shape index (κ3) is 1.96. The van der Waals surface area contributed by atoms with Crippen LogP contribution >= 0.6 is 10.7 Å². The normalized spacial score (nSPS) is 19.6. The summed E-state index contributed by atoms with van der Waals surface area (Å²) in [5, 5.41) is 0. The standard InChI is InChI=1S/C9H11ClO3S/c1-7-2-3-8(13-7)9(4-5-9)6-14(10,11)12/h2-3H,4-6H2,1H3. The predicted octanol–water partition coefficient (Wildman–Crippen LogP) is 2.19. The van der Waals surface area contributed by atoms with Gasteiger partial charge in [0.1, 0.15) is 11.5 Å². The molecular formula is C9H11ClO3S. The van der Waals surface area contributed by atoms with E-state index >= 15 is 0 Å². The molecule has 78 valence electrons. The summed E-state index contributed by atoms with van der Waals surface area (Å²) in [7, 11) is 1.80. The molecule has 1 heterocycles. The van der Waals surface area contributed by atoms with Gasteiger partial charge in [-0.2, -0.15) is 0 Å². The van der Waals surface area contributed by atoms with Gasteiger partial charge in [0.15, 0.2) is 0 Å². The van der Waals surface area contributed by atoms with E-state index in [0.29, 0.717) is 0 Å². The molecule has 1 aliphatic rings. The lowest BCUT2D eigenvalue weighted by molar-refractivity contribution is 0.445. The van der Waals surface area contributed by atoms with Crippen LogP contribution in [-0.4, -0.2) is 14.2 Å². The van der Waals surface area contributed by atoms with E-state index in [9.17, 15) is 8.42 Å². The Balaban J connectivity index is 2.26. The summed E-state index contributed by atoms with van der Waals surface area (Å²) in [6, 6.07) is 3.68. The van der Waals surface area contributed by atoms with Gasteiger partial charge in [-0.05, 0) is 31.9 Å². The first-order valence-electron chi connectivity index (χ1n) is 4.41.